The second-order valence-electron chi connectivity index (χ2n) is 6.21. The van der Waals surface area contributed by atoms with E-state index in [1.165, 1.54) is 5.56 Å². The predicted molar refractivity (Wildman–Crippen MR) is 83.1 cm³/mol. The molecule has 1 aromatic carbocycles. The molecule has 0 heterocycles. The minimum atomic E-state index is -0.845. The van der Waals surface area contributed by atoms with Crippen molar-refractivity contribution in [3.63, 3.8) is 0 Å². The molecule has 0 spiro atoms. The van der Waals surface area contributed by atoms with Gasteiger partial charge in [0, 0.05) is 6.54 Å². The third-order valence-electron chi connectivity index (χ3n) is 4.89. The predicted octanol–water partition coefficient (Wildman–Crippen LogP) is 2.26. The van der Waals surface area contributed by atoms with Crippen LogP contribution in [-0.4, -0.2) is 23.5 Å². The molecule has 22 heavy (non-hydrogen) atoms. The molecule has 1 fully saturated rings. The highest BCUT2D eigenvalue weighted by atomic mass is 16.4. The van der Waals surface area contributed by atoms with Crippen molar-refractivity contribution >= 4 is 11.9 Å². The van der Waals surface area contributed by atoms with Crippen LogP contribution in [-0.2, 0) is 16.0 Å². The minimum absolute atomic E-state index is 0.00683. The summed E-state index contributed by atoms with van der Waals surface area (Å²) in [6.45, 7) is 0.548. The lowest BCUT2D eigenvalue weighted by Crippen LogP contribution is -2.49. The molecule has 0 radical (unpaired) electrons. The molecule has 116 valence electrons. The van der Waals surface area contributed by atoms with E-state index in [-0.39, 0.29) is 17.7 Å². The maximum atomic E-state index is 12.5. The number of aliphatic carboxylic acids is 1. The largest absolute Gasteiger partial charge is 0.481 e. The molecule has 2 N–H and O–H groups in total. The Bertz CT molecular complexity index is 581. The van der Waals surface area contributed by atoms with Gasteiger partial charge >= 0.3 is 5.97 Å². The molecule has 0 unspecified atom stereocenters. The van der Waals surface area contributed by atoms with E-state index in [9.17, 15) is 14.7 Å². The third-order valence-corrected chi connectivity index (χ3v) is 4.89. The van der Waals surface area contributed by atoms with E-state index in [2.05, 4.69) is 5.32 Å². The van der Waals surface area contributed by atoms with Crippen molar-refractivity contribution in [2.45, 2.75) is 19.3 Å². The van der Waals surface area contributed by atoms with Gasteiger partial charge in [0.25, 0.3) is 0 Å². The number of carboxylic acid groups (broad SMARTS) is 1. The fraction of sp³-hybridized carbons (Fsp3) is 0.444. The molecule has 4 atom stereocenters. The van der Waals surface area contributed by atoms with Crippen LogP contribution in [0.2, 0.25) is 0 Å². The number of hydrogen-bond acceptors (Lipinski definition) is 2. The van der Waals surface area contributed by atoms with Crippen LogP contribution < -0.4 is 5.32 Å². The first kappa shape index (κ1) is 14.8. The molecule has 2 bridgehead atoms. The molecule has 1 aromatic rings. The first-order valence-corrected chi connectivity index (χ1v) is 7.89. The van der Waals surface area contributed by atoms with Gasteiger partial charge in [-0.15, -0.1) is 0 Å². The van der Waals surface area contributed by atoms with Gasteiger partial charge in [-0.2, -0.15) is 0 Å². The zero-order valence-corrected chi connectivity index (χ0v) is 12.4. The van der Waals surface area contributed by atoms with Crippen molar-refractivity contribution in [3.8, 4) is 0 Å². The number of rotatable bonds is 5. The summed E-state index contributed by atoms with van der Waals surface area (Å²) in [4.78, 5) is 24.0. The molecule has 4 heteroatoms. The minimum Gasteiger partial charge on any atom is -0.481 e. The van der Waals surface area contributed by atoms with Crippen LogP contribution in [0.25, 0.3) is 0 Å². The zero-order valence-electron chi connectivity index (χ0n) is 12.4. The summed E-state index contributed by atoms with van der Waals surface area (Å²) in [7, 11) is 0. The smallest absolute Gasteiger partial charge is 0.307 e. The van der Waals surface area contributed by atoms with Gasteiger partial charge in [0.15, 0.2) is 0 Å². The van der Waals surface area contributed by atoms with E-state index in [1.54, 1.807) is 0 Å². The first-order chi connectivity index (χ1) is 10.7. The summed E-state index contributed by atoms with van der Waals surface area (Å²) in [5.74, 6) is -1.86. The van der Waals surface area contributed by atoms with E-state index < -0.39 is 17.8 Å². The summed E-state index contributed by atoms with van der Waals surface area (Å²) in [5.41, 5.74) is 1.17. The Hall–Kier alpha value is -2.10. The number of nitrogens with one attached hydrogen (secondary N) is 1. The quantitative estimate of drug-likeness (QED) is 0.820. The monoisotopic (exact) mass is 299 g/mol. The van der Waals surface area contributed by atoms with Crippen molar-refractivity contribution < 1.29 is 14.7 Å². The average molecular weight is 299 g/mol. The van der Waals surface area contributed by atoms with Gasteiger partial charge in [0.2, 0.25) is 5.91 Å². The van der Waals surface area contributed by atoms with Crippen LogP contribution in [0.15, 0.2) is 42.5 Å². The molecule has 4 rings (SSSR count). The van der Waals surface area contributed by atoms with Gasteiger partial charge in [0.05, 0.1) is 11.8 Å². The second kappa shape index (κ2) is 6.34. The number of allylic oxidation sites excluding steroid dienone is 2. The number of benzene rings is 1. The van der Waals surface area contributed by atoms with Crippen LogP contribution in [0.3, 0.4) is 0 Å². The summed E-state index contributed by atoms with van der Waals surface area (Å²) >= 11 is 0. The van der Waals surface area contributed by atoms with Crippen LogP contribution in [0.5, 0.6) is 0 Å². The van der Waals surface area contributed by atoms with Crippen molar-refractivity contribution in [1.29, 1.82) is 0 Å². The number of amides is 1. The van der Waals surface area contributed by atoms with Crippen molar-refractivity contribution in [3.05, 3.63) is 48.0 Å². The molecule has 0 aliphatic heterocycles. The van der Waals surface area contributed by atoms with Gasteiger partial charge in [-0.25, -0.2) is 0 Å². The number of fused-ring (bicyclic) bond motifs is 2. The number of carboxylic acids is 1. The zero-order chi connectivity index (χ0) is 15.5. The number of carbonyl (C=O) groups excluding carboxylic acids is 1. The maximum Gasteiger partial charge on any atom is 0.307 e. The van der Waals surface area contributed by atoms with Gasteiger partial charge in [-0.05, 0) is 36.7 Å². The van der Waals surface area contributed by atoms with Gasteiger partial charge in [0.1, 0.15) is 0 Å². The molecule has 1 saturated carbocycles. The van der Waals surface area contributed by atoms with E-state index in [0.29, 0.717) is 6.54 Å². The van der Waals surface area contributed by atoms with Gasteiger partial charge < -0.3 is 10.4 Å². The number of hydrogen-bond donors (Lipinski definition) is 2. The van der Waals surface area contributed by atoms with Crippen molar-refractivity contribution in [2.75, 3.05) is 6.54 Å². The fourth-order valence-electron chi connectivity index (χ4n) is 3.78. The van der Waals surface area contributed by atoms with Crippen LogP contribution in [0.4, 0.5) is 0 Å². The normalized spacial score (nSPS) is 29.3. The molecule has 0 saturated heterocycles. The van der Waals surface area contributed by atoms with Gasteiger partial charge in [-0.3, -0.25) is 9.59 Å². The molecule has 3 aliphatic carbocycles. The van der Waals surface area contributed by atoms with E-state index in [0.717, 1.165) is 19.3 Å². The Morgan fingerprint density at radius 2 is 1.68 bits per heavy atom. The lowest BCUT2D eigenvalue weighted by atomic mass is 9.62. The fourth-order valence-corrected chi connectivity index (χ4v) is 3.78. The van der Waals surface area contributed by atoms with E-state index >= 15 is 0 Å². The van der Waals surface area contributed by atoms with Crippen molar-refractivity contribution in [1.82, 2.24) is 5.32 Å². The highest BCUT2D eigenvalue weighted by molar-refractivity contribution is 5.86. The Morgan fingerprint density at radius 1 is 1.05 bits per heavy atom. The molecule has 4 nitrogen and oxygen atoms in total. The third kappa shape index (κ3) is 2.91. The Kier molecular flexibility index (Phi) is 4.27. The maximum absolute atomic E-state index is 12.5. The molecule has 0 aromatic heterocycles. The Labute approximate surface area is 130 Å². The topological polar surface area (TPSA) is 66.4 Å². The standard InChI is InChI=1S/C18H21NO3/c20-17(19-11-10-12-4-2-1-3-5-12)15-13-6-8-14(9-7-13)16(15)18(21)22/h1-6,8,13-16H,7,9-11H2,(H,19,20)(H,21,22)/t13-,14-,15-,16+/m0/s1. The van der Waals surface area contributed by atoms with E-state index in [1.807, 2.05) is 42.5 Å². The Balaban J connectivity index is 1.61. The lowest BCUT2D eigenvalue weighted by Gasteiger charge is -2.41. The molecule has 1 amide bonds. The molecular weight excluding hydrogens is 278 g/mol. The SMILES string of the molecule is O=C(NCCc1ccccc1)[C@@H]1[C@H](C(=O)O)[C@H]2C=C[C@H]1CC2. The lowest BCUT2D eigenvalue weighted by molar-refractivity contribution is -0.152. The average Bonchev–Trinajstić information content (AvgIpc) is 2.55. The van der Waals surface area contributed by atoms with Crippen LogP contribution in [0, 0.1) is 23.7 Å². The summed E-state index contributed by atoms with van der Waals surface area (Å²) in [5, 5.41) is 12.4. The van der Waals surface area contributed by atoms with Crippen LogP contribution in [0.1, 0.15) is 18.4 Å². The second-order valence-corrected chi connectivity index (χ2v) is 6.21. The number of carbonyl (C=O) groups is 2. The first-order valence-electron chi connectivity index (χ1n) is 7.89. The van der Waals surface area contributed by atoms with Gasteiger partial charge in [-0.1, -0.05) is 42.5 Å². The summed E-state index contributed by atoms with van der Waals surface area (Å²) < 4.78 is 0. The molecule has 3 aliphatic rings. The Morgan fingerprint density at radius 3 is 2.27 bits per heavy atom. The van der Waals surface area contributed by atoms with E-state index in [4.69, 9.17) is 0 Å². The summed E-state index contributed by atoms with van der Waals surface area (Å²) in [6.07, 6.45) is 6.59. The highest BCUT2D eigenvalue weighted by Crippen LogP contribution is 2.44. The van der Waals surface area contributed by atoms with Crippen LogP contribution >= 0.6 is 0 Å². The molecular formula is C18H21NO3. The van der Waals surface area contributed by atoms with Crippen molar-refractivity contribution in [2.24, 2.45) is 23.7 Å². The highest BCUT2D eigenvalue weighted by Gasteiger charge is 2.47. The summed E-state index contributed by atoms with van der Waals surface area (Å²) in [6, 6.07) is 9.96.